The Morgan fingerprint density at radius 3 is 3.00 bits per heavy atom. The van der Waals surface area contributed by atoms with Gasteiger partial charge in [0.25, 0.3) is 5.91 Å². The Kier molecular flexibility index (Phi) is 4.77. The quantitative estimate of drug-likeness (QED) is 0.917. The number of thiophene rings is 1. The molecule has 1 unspecified atom stereocenters. The number of rotatable bonds is 4. The van der Waals surface area contributed by atoms with Gasteiger partial charge in [-0.15, -0.1) is 11.3 Å². The summed E-state index contributed by atoms with van der Waals surface area (Å²) >= 11 is 5.01. The molecule has 2 heterocycles. The van der Waals surface area contributed by atoms with Crippen molar-refractivity contribution < 1.29 is 4.79 Å². The van der Waals surface area contributed by atoms with Crippen LogP contribution in [0.1, 0.15) is 22.2 Å². The summed E-state index contributed by atoms with van der Waals surface area (Å²) in [4.78, 5) is 19.4. The fourth-order valence-electron chi connectivity index (χ4n) is 1.87. The molecule has 0 bridgehead atoms. The first-order valence-corrected chi connectivity index (χ1v) is 7.87. The van der Waals surface area contributed by atoms with Gasteiger partial charge in [-0.2, -0.15) is 0 Å². The molecule has 0 aliphatic rings. The third kappa shape index (κ3) is 3.37. The first-order valence-electron chi connectivity index (χ1n) is 6.19. The van der Waals surface area contributed by atoms with Crippen LogP contribution < -0.4 is 5.73 Å². The van der Waals surface area contributed by atoms with Crippen molar-refractivity contribution in [2.45, 2.75) is 19.4 Å². The smallest absolute Gasteiger partial charge is 0.257 e. The molecule has 1 atom stereocenters. The number of halogens is 1. The lowest BCUT2D eigenvalue weighted by atomic mass is 10.1. The lowest BCUT2D eigenvalue weighted by Gasteiger charge is -2.25. The summed E-state index contributed by atoms with van der Waals surface area (Å²) in [6.45, 7) is 2.03. The van der Waals surface area contributed by atoms with Gasteiger partial charge in [-0.25, -0.2) is 4.98 Å². The number of carbonyl (C=O) groups is 1. The minimum absolute atomic E-state index is 0.0968. The van der Waals surface area contributed by atoms with E-state index in [9.17, 15) is 4.79 Å². The average molecular weight is 354 g/mol. The average Bonchev–Trinajstić information content (AvgIpc) is 2.92. The second kappa shape index (κ2) is 6.37. The number of likely N-dealkylation sites (N-methyl/N-ethyl adjacent to an activating group) is 1. The second-order valence-corrected chi connectivity index (χ2v) is 6.58. The zero-order valence-electron chi connectivity index (χ0n) is 11.3. The third-order valence-corrected chi connectivity index (χ3v) is 4.51. The van der Waals surface area contributed by atoms with Crippen LogP contribution in [0.4, 0.5) is 5.82 Å². The maximum absolute atomic E-state index is 12.5. The molecule has 0 radical (unpaired) electrons. The van der Waals surface area contributed by atoms with Crippen LogP contribution in [0.15, 0.2) is 34.2 Å². The predicted molar refractivity (Wildman–Crippen MR) is 85.9 cm³/mol. The molecule has 0 aliphatic carbocycles. The van der Waals surface area contributed by atoms with Gasteiger partial charge in [0.15, 0.2) is 0 Å². The highest BCUT2D eigenvalue weighted by Crippen LogP contribution is 2.19. The van der Waals surface area contributed by atoms with Crippen LogP contribution in [0.2, 0.25) is 0 Å². The van der Waals surface area contributed by atoms with Gasteiger partial charge in [-0.3, -0.25) is 4.79 Å². The highest BCUT2D eigenvalue weighted by Gasteiger charge is 2.20. The van der Waals surface area contributed by atoms with Crippen LogP contribution in [0.25, 0.3) is 0 Å². The number of nitrogen functional groups attached to an aromatic ring is 1. The molecule has 20 heavy (non-hydrogen) atoms. The third-order valence-electron chi connectivity index (χ3n) is 3.17. The van der Waals surface area contributed by atoms with Crippen LogP contribution in [0, 0.1) is 0 Å². The Hall–Kier alpha value is -1.40. The number of hydrogen-bond acceptors (Lipinski definition) is 4. The van der Waals surface area contributed by atoms with Crippen LogP contribution in [0.5, 0.6) is 0 Å². The molecule has 4 nitrogen and oxygen atoms in total. The molecule has 1 amide bonds. The van der Waals surface area contributed by atoms with Gasteiger partial charge >= 0.3 is 0 Å². The summed E-state index contributed by atoms with van der Waals surface area (Å²) in [7, 11) is 1.79. The van der Waals surface area contributed by atoms with E-state index in [1.807, 2.05) is 18.4 Å². The molecule has 2 rings (SSSR count). The van der Waals surface area contributed by atoms with Crippen LogP contribution in [-0.4, -0.2) is 28.9 Å². The van der Waals surface area contributed by atoms with Crippen molar-refractivity contribution >= 4 is 39.0 Å². The molecule has 0 saturated heterocycles. The number of aromatic nitrogens is 1. The van der Waals surface area contributed by atoms with Crippen molar-refractivity contribution in [1.29, 1.82) is 0 Å². The van der Waals surface area contributed by atoms with Gasteiger partial charge < -0.3 is 10.6 Å². The van der Waals surface area contributed by atoms with Crippen molar-refractivity contribution in [1.82, 2.24) is 9.88 Å². The number of nitrogens with zero attached hydrogens (tertiary/aromatic N) is 2. The Labute approximate surface area is 130 Å². The summed E-state index contributed by atoms with van der Waals surface area (Å²) in [5.74, 6) is 0.147. The monoisotopic (exact) mass is 353 g/mol. The Morgan fingerprint density at radius 2 is 2.35 bits per heavy atom. The SMILES string of the molecule is CC(Cc1cccs1)N(C)C(=O)c1cc(Br)cnc1N. The lowest BCUT2D eigenvalue weighted by molar-refractivity contribution is 0.0744. The van der Waals surface area contributed by atoms with Crippen molar-refractivity contribution in [3.63, 3.8) is 0 Å². The maximum atomic E-state index is 12.5. The molecule has 2 N–H and O–H groups in total. The van der Waals surface area contributed by atoms with E-state index in [0.717, 1.165) is 10.9 Å². The van der Waals surface area contributed by atoms with Gasteiger partial charge in [0.05, 0.1) is 5.56 Å². The van der Waals surface area contributed by atoms with E-state index in [1.165, 1.54) is 4.88 Å². The van der Waals surface area contributed by atoms with Gasteiger partial charge in [0.2, 0.25) is 0 Å². The number of hydrogen-bond donors (Lipinski definition) is 1. The molecular weight excluding hydrogens is 338 g/mol. The maximum Gasteiger partial charge on any atom is 0.257 e. The minimum atomic E-state index is -0.111. The lowest BCUT2D eigenvalue weighted by Crippen LogP contribution is -2.36. The van der Waals surface area contributed by atoms with Crippen LogP contribution in [-0.2, 0) is 6.42 Å². The van der Waals surface area contributed by atoms with Gasteiger partial charge in [-0.05, 0) is 40.4 Å². The van der Waals surface area contributed by atoms with E-state index in [1.54, 1.807) is 35.5 Å². The standard InChI is InChI=1S/C14H16BrN3OS/c1-9(6-11-4-3-5-20-11)18(2)14(19)12-7-10(15)8-17-13(12)16/h3-5,7-9H,6H2,1-2H3,(H2,16,17). The van der Waals surface area contributed by atoms with Crippen molar-refractivity contribution in [3.05, 3.63) is 44.7 Å². The molecule has 0 aliphatic heterocycles. The summed E-state index contributed by atoms with van der Waals surface area (Å²) in [6, 6.07) is 5.90. The number of carbonyl (C=O) groups excluding carboxylic acids is 1. The fourth-order valence-corrected chi connectivity index (χ4v) is 3.03. The van der Waals surface area contributed by atoms with Gasteiger partial charge in [-0.1, -0.05) is 6.07 Å². The molecule has 6 heteroatoms. The number of anilines is 1. The first-order chi connectivity index (χ1) is 9.49. The van der Waals surface area contributed by atoms with Gasteiger partial charge in [0.1, 0.15) is 5.82 Å². The van der Waals surface area contributed by atoms with Crippen molar-refractivity contribution in [2.24, 2.45) is 0 Å². The van der Waals surface area contributed by atoms with E-state index in [0.29, 0.717) is 5.56 Å². The zero-order chi connectivity index (χ0) is 14.7. The second-order valence-electron chi connectivity index (χ2n) is 4.63. The largest absolute Gasteiger partial charge is 0.383 e. The molecular formula is C14H16BrN3OS. The predicted octanol–water partition coefficient (Wildman–Crippen LogP) is 3.19. The van der Waals surface area contributed by atoms with E-state index in [4.69, 9.17) is 5.73 Å². The van der Waals surface area contributed by atoms with Gasteiger partial charge in [0, 0.05) is 35.1 Å². The summed E-state index contributed by atoms with van der Waals surface area (Å²) in [6.07, 6.45) is 2.42. The van der Waals surface area contributed by atoms with Crippen LogP contribution in [0.3, 0.4) is 0 Å². The summed E-state index contributed by atoms with van der Waals surface area (Å²) < 4.78 is 0.745. The number of pyridine rings is 1. The Bertz CT molecular complexity index is 600. The molecule has 0 aromatic carbocycles. The molecule has 0 fully saturated rings. The van der Waals surface area contributed by atoms with E-state index in [2.05, 4.69) is 27.0 Å². The number of amides is 1. The normalized spacial score (nSPS) is 12.2. The summed E-state index contributed by atoms with van der Waals surface area (Å²) in [5, 5.41) is 2.04. The Morgan fingerprint density at radius 1 is 1.60 bits per heavy atom. The highest BCUT2D eigenvalue weighted by atomic mass is 79.9. The van der Waals surface area contributed by atoms with E-state index < -0.39 is 0 Å². The minimum Gasteiger partial charge on any atom is -0.383 e. The molecule has 2 aromatic heterocycles. The first kappa shape index (κ1) is 15.0. The number of nitrogens with two attached hydrogens (primary N) is 1. The molecule has 2 aromatic rings. The zero-order valence-corrected chi connectivity index (χ0v) is 13.7. The highest BCUT2D eigenvalue weighted by molar-refractivity contribution is 9.10. The molecule has 106 valence electrons. The van der Waals surface area contributed by atoms with Crippen molar-refractivity contribution in [2.75, 3.05) is 12.8 Å². The van der Waals surface area contributed by atoms with E-state index in [-0.39, 0.29) is 17.8 Å². The molecule has 0 spiro atoms. The fraction of sp³-hybridized carbons (Fsp3) is 0.286. The van der Waals surface area contributed by atoms with E-state index >= 15 is 0 Å². The van der Waals surface area contributed by atoms with Crippen LogP contribution >= 0.6 is 27.3 Å². The topological polar surface area (TPSA) is 59.2 Å². The Balaban J connectivity index is 2.13. The summed E-state index contributed by atoms with van der Waals surface area (Å²) in [5.41, 5.74) is 6.22. The van der Waals surface area contributed by atoms with Crippen molar-refractivity contribution in [3.8, 4) is 0 Å². The molecule has 0 saturated carbocycles.